The number of hydrogen-bond acceptors (Lipinski definition) is 5. The molecular formula is C26H33N3O5. The lowest BCUT2D eigenvalue weighted by Gasteiger charge is -2.31. The predicted octanol–water partition coefficient (Wildman–Crippen LogP) is 3.07. The first kappa shape index (κ1) is 25.2. The van der Waals surface area contributed by atoms with Crippen LogP contribution in [-0.4, -0.2) is 67.3 Å². The highest BCUT2D eigenvalue weighted by atomic mass is 16.5. The predicted molar refractivity (Wildman–Crippen MR) is 130 cm³/mol. The summed E-state index contributed by atoms with van der Waals surface area (Å²) < 4.78 is 5.58. The summed E-state index contributed by atoms with van der Waals surface area (Å²) in [6.45, 7) is 5.63. The zero-order valence-electron chi connectivity index (χ0n) is 20.3. The number of amides is 2. The van der Waals surface area contributed by atoms with Gasteiger partial charge in [-0.05, 0) is 41.8 Å². The van der Waals surface area contributed by atoms with Gasteiger partial charge in [0.05, 0.1) is 0 Å². The molecule has 0 heterocycles. The minimum Gasteiger partial charge on any atom is -0.480 e. The Bertz CT molecular complexity index is 1010. The summed E-state index contributed by atoms with van der Waals surface area (Å²) in [6, 6.07) is 14.0. The van der Waals surface area contributed by atoms with Gasteiger partial charge in [0.15, 0.2) is 0 Å². The molecule has 8 nitrogen and oxygen atoms in total. The van der Waals surface area contributed by atoms with Crippen LogP contribution in [0.3, 0.4) is 0 Å². The van der Waals surface area contributed by atoms with Gasteiger partial charge in [0.25, 0.3) is 0 Å². The molecule has 0 radical (unpaired) electrons. The van der Waals surface area contributed by atoms with E-state index in [0.29, 0.717) is 0 Å². The second kappa shape index (κ2) is 10.3. The van der Waals surface area contributed by atoms with Crippen LogP contribution >= 0.6 is 0 Å². The maximum atomic E-state index is 12.9. The quantitative estimate of drug-likeness (QED) is 0.551. The number of alkyl carbamates (subject to hydrolysis) is 1. The van der Waals surface area contributed by atoms with E-state index in [1.165, 1.54) is 0 Å². The van der Waals surface area contributed by atoms with Crippen molar-refractivity contribution in [2.24, 2.45) is 5.41 Å². The molecule has 3 rings (SSSR count). The zero-order chi connectivity index (χ0) is 25.0. The average molecular weight is 468 g/mol. The largest absolute Gasteiger partial charge is 0.480 e. The van der Waals surface area contributed by atoms with Crippen molar-refractivity contribution in [3.63, 3.8) is 0 Å². The topological polar surface area (TPSA) is 108 Å². The fourth-order valence-electron chi connectivity index (χ4n) is 4.24. The highest BCUT2D eigenvalue weighted by molar-refractivity contribution is 5.90. The molecule has 3 N–H and O–H groups in total. The molecule has 8 heteroatoms. The standard InChI is InChI=1S/C26H33N3O5/c1-26(2,3)22(23(30)27-21(24(31)32)14-29(4)5)28-25(33)34-15-20-18-12-8-6-10-16(18)17-11-7-9-13-19(17)20/h6-13,20-22H,14-15H2,1-5H3,(H,27,30)(H,28,33)(H,31,32). The van der Waals surface area contributed by atoms with Gasteiger partial charge in [0.1, 0.15) is 18.7 Å². The molecule has 182 valence electrons. The van der Waals surface area contributed by atoms with Crippen molar-refractivity contribution in [1.29, 1.82) is 0 Å². The molecule has 0 saturated heterocycles. The Kier molecular flexibility index (Phi) is 7.61. The van der Waals surface area contributed by atoms with E-state index in [1.54, 1.807) is 39.8 Å². The summed E-state index contributed by atoms with van der Waals surface area (Å²) >= 11 is 0. The lowest BCUT2D eigenvalue weighted by molar-refractivity contribution is -0.143. The molecule has 0 spiro atoms. The maximum absolute atomic E-state index is 12.9. The Hall–Kier alpha value is -3.39. The van der Waals surface area contributed by atoms with Gasteiger partial charge in [-0.15, -0.1) is 0 Å². The third kappa shape index (κ3) is 5.75. The number of benzene rings is 2. The van der Waals surface area contributed by atoms with Gasteiger partial charge >= 0.3 is 12.1 Å². The van der Waals surface area contributed by atoms with E-state index >= 15 is 0 Å². The van der Waals surface area contributed by atoms with Crippen molar-refractivity contribution in [2.45, 2.75) is 38.8 Å². The van der Waals surface area contributed by atoms with E-state index in [0.717, 1.165) is 22.3 Å². The van der Waals surface area contributed by atoms with Crippen molar-refractivity contribution in [3.05, 3.63) is 59.7 Å². The van der Waals surface area contributed by atoms with Crippen molar-refractivity contribution in [2.75, 3.05) is 27.2 Å². The van der Waals surface area contributed by atoms with Gasteiger partial charge in [0.2, 0.25) is 5.91 Å². The van der Waals surface area contributed by atoms with Gasteiger partial charge in [-0.2, -0.15) is 0 Å². The number of carboxylic acids is 1. The summed E-state index contributed by atoms with van der Waals surface area (Å²) in [4.78, 5) is 38.9. The molecule has 2 unspecified atom stereocenters. The first-order chi connectivity index (χ1) is 16.0. The molecule has 0 aromatic heterocycles. The van der Waals surface area contributed by atoms with Crippen molar-refractivity contribution < 1.29 is 24.2 Å². The summed E-state index contributed by atoms with van der Waals surface area (Å²) in [5.41, 5.74) is 3.76. The summed E-state index contributed by atoms with van der Waals surface area (Å²) in [7, 11) is 3.44. The monoisotopic (exact) mass is 467 g/mol. The lowest BCUT2D eigenvalue weighted by atomic mass is 9.86. The van der Waals surface area contributed by atoms with Crippen LogP contribution in [0.15, 0.2) is 48.5 Å². The molecular weight excluding hydrogens is 434 g/mol. The second-order valence-corrected chi connectivity index (χ2v) is 9.93. The van der Waals surface area contributed by atoms with Crippen molar-refractivity contribution >= 4 is 18.0 Å². The van der Waals surface area contributed by atoms with Crippen LogP contribution in [0.25, 0.3) is 11.1 Å². The highest BCUT2D eigenvalue weighted by Gasteiger charge is 2.36. The van der Waals surface area contributed by atoms with Gasteiger partial charge < -0.3 is 25.4 Å². The fourth-order valence-corrected chi connectivity index (χ4v) is 4.24. The van der Waals surface area contributed by atoms with Crippen LogP contribution in [0, 0.1) is 5.41 Å². The maximum Gasteiger partial charge on any atom is 0.407 e. The highest BCUT2D eigenvalue weighted by Crippen LogP contribution is 2.44. The Morgan fingerprint density at radius 1 is 0.971 bits per heavy atom. The number of ether oxygens (including phenoxy) is 1. The van der Waals surface area contributed by atoms with Crippen LogP contribution in [0.1, 0.15) is 37.8 Å². The Labute approximate surface area is 200 Å². The number of rotatable bonds is 8. The summed E-state index contributed by atoms with van der Waals surface area (Å²) in [5, 5.41) is 14.6. The number of nitrogens with zero attached hydrogens (tertiary/aromatic N) is 1. The Morgan fingerprint density at radius 3 is 1.97 bits per heavy atom. The molecule has 2 aromatic carbocycles. The molecule has 0 bridgehead atoms. The zero-order valence-corrected chi connectivity index (χ0v) is 20.3. The van der Waals surface area contributed by atoms with E-state index in [4.69, 9.17) is 4.74 Å². The van der Waals surface area contributed by atoms with Crippen LogP contribution in [0.5, 0.6) is 0 Å². The van der Waals surface area contributed by atoms with Crippen LogP contribution in [0.4, 0.5) is 4.79 Å². The molecule has 1 aliphatic carbocycles. The molecule has 34 heavy (non-hydrogen) atoms. The molecule has 2 amide bonds. The van der Waals surface area contributed by atoms with E-state index in [-0.39, 0.29) is 19.1 Å². The molecule has 0 saturated carbocycles. The molecule has 2 aromatic rings. The van der Waals surface area contributed by atoms with Gasteiger partial charge in [-0.3, -0.25) is 4.79 Å². The number of hydrogen-bond donors (Lipinski definition) is 3. The number of likely N-dealkylation sites (N-methyl/N-ethyl adjacent to an activating group) is 1. The van der Waals surface area contributed by atoms with E-state index < -0.39 is 35.5 Å². The number of aliphatic carboxylic acids is 1. The first-order valence-corrected chi connectivity index (χ1v) is 11.3. The number of carboxylic acid groups (broad SMARTS) is 1. The Balaban J connectivity index is 1.69. The van der Waals surface area contributed by atoms with Crippen LogP contribution in [-0.2, 0) is 14.3 Å². The van der Waals surface area contributed by atoms with Gasteiger partial charge in [0, 0.05) is 12.5 Å². The molecule has 2 atom stereocenters. The third-order valence-electron chi connectivity index (χ3n) is 5.90. The number of carbonyl (C=O) groups excluding carboxylic acids is 2. The minimum absolute atomic E-state index is 0.100. The average Bonchev–Trinajstić information content (AvgIpc) is 3.08. The SMILES string of the molecule is CN(C)CC(NC(=O)C(NC(=O)OCC1c2ccccc2-c2ccccc21)C(C)(C)C)C(=O)O. The Morgan fingerprint density at radius 2 is 1.50 bits per heavy atom. The van der Waals surface area contributed by atoms with Crippen LogP contribution in [0.2, 0.25) is 0 Å². The van der Waals surface area contributed by atoms with E-state index in [1.807, 2.05) is 36.4 Å². The summed E-state index contributed by atoms with van der Waals surface area (Å²) in [5.74, 6) is -1.82. The second-order valence-electron chi connectivity index (χ2n) is 9.93. The first-order valence-electron chi connectivity index (χ1n) is 11.3. The van der Waals surface area contributed by atoms with E-state index in [2.05, 4.69) is 22.8 Å². The third-order valence-corrected chi connectivity index (χ3v) is 5.90. The van der Waals surface area contributed by atoms with Crippen molar-refractivity contribution in [1.82, 2.24) is 15.5 Å². The number of nitrogens with one attached hydrogen (secondary N) is 2. The van der Waals surface area contributed by atoms with E-state index in [9.17, 15) is 19.5 Å². The molecule has 0 fully saturated rings. The smallest absolute Gasteiger partial charge is 0.407 e. The lowest BCUT2D eigenvalue weighted by Crippen LogP contribution is -2.58. The van der Waals surface area contributed by atoms with Gasteiger partial charge in [-0.1, -0.05) is 69.3 Å². The number of fused-ring (bicyclic) bond motifs is 3. The van der Waals surface area contributed by atoms with Crippen molar-refractivity contribution in [3.8, 4) is 11.1 Å². The summed E-state index contributed by atoms with van der Waals surface area (Å²) in [6.07, 6.45) is -0.726. The van der Waals surface area contributed by atoms with Gasteiger partial charge in [-0.25, -0.2) is 9.59 Å². The van der Waals surface area contributed by atoms with Crippen LogP contribution < -0.4 is 10.6 Å². The molecule has 1 aliphatic rings. The molecule has 0 aliphatic heterocycles. The minimum atomic E-state index is -1.14. The fraction of sp³-hybridized carbons (Fsp3) is 0.423. The number of carbonyl (C=O) groups is 3. The normalized spacial score (nSPS) is 14.6.